The van der Waals surface area contributed by atoms with Crippen LogP contribution in [0.3, 0.4) is 0 Å². The summed E-state index contributed by atoms with van der Waals surface area (Å²) in [5.74, 6) is -12.1. The summed E-state index contributed by atoms with van der Waals surface area (Å²) in [4.78, 5) is 11.9. The van der Waals surface area contributed by atoms with Crippen molar-refractivity contribution >= 4 is 16.0 Å². The van der Waals surface area contributed by atoms with Gasteiger partial charge >= 0.3 is 5.97 Å². The number of esters is 1. The van der Waals surface area contributed by atoms with Crippen molar-refractivity contribution in [2.45, 2.75) is 25.3 Å². The smallest absolute Gasteiger partial charge is 0.338 e. The van der Waals surface area contributed by atoms with E-state index >= 15 is 0 Å². The van der Waals surface area contributed by atoms with Crippen molar-refractivity contribution in [1.82, 2.24) is 4.31 Å². The molecule has 11 heteroatoms. The molecule has 2 aromatic rings. The summed E-state index contributed by atoms with van der Waals surface area (Å²) in [5.41, 5.74) is -1.59. The highest BCUT2D eigenvalue weighted by Gasteiger charge is 2.27. The van der Waals surface area contributed by atoms with Crippen LogP contribution in [0.4, 0.5) is 22.0 Å². The Bertz CT molecular complexity index is 1010. The fourth-order valence-electron chi connectivity index (χ4n) is 2.49. The van der Waals surface area contributed by atoms with Crippen molar-refractivity contribution in [2.75, 3.05) is 13.1 Å². The highest BCUT2D eigenvalue weighted by Crippen LogP contribution is 2.24. The van der Waals surface area contributed by atoms with Gasteiger partial charge in [-0.3, -0.25) is 0 Å². The van der Waals surface area contributed by atoms with Crippen LogP contribution in [-0.2, 0) is 21.4 Å². The van der Waals surface area contributed by atoms with Gasteiger partial charge in [-0.15, -0.1) is 0 Å². The molecule has 2 rings (SSSR count). The SMILES string of the molecule is CCN(CC)S(=O)(=O)c1cccc(C(=O)OCc2c(F)c(F)c(F)c(F)c2F)c1. The molecule has 0 radical (unpaired) electrons. The van der Waals surface area contributed by atoms with E-state index in [0.717, 1.165) is 10.4 Å². The zero-order valence-corrected chi connectivity index (χ0v) is 16.1. The molecule has 0 saturated heterocycles. The van der Waals surface area contributed by atoms with E-state index in [1.54, 1.807) is 13.8 Å². The predicted octanol–water partition coefficient (Wildman–Crippen LogP) is 3.77. The van der Waals surface area contributed by atoms with Gasteiger partial charge in [0.15, 0.2) is 23.3 Å². The number of hydrogen-bond donors (Lipinski definition) is 0. The number of nitrogens with zero attached hydrogens (tertiary/aromatic N) is 1. The van der Waals surface area contributed by atoms with Gasteiger partial charge in [-0.25, -0.2) is 35.2 Å². The van der Waals surface area contributed by atoms with Crippen molar-refractivity contribution in [2.24, 2.45) is 0 Å². The first-order valence-corrected chi connectivity index (χ1v) is 9.77. The van der Waals surface area contributed by atoms with Crippen LogP contribution in [0.15, 0.2) is 29.2 Å². The van der Waals surface area contributed by atoms with E-state index in [2.05, 4.69) is 4.74 Å². The van der Waals surface area contributed by atoms with Crippen LogP contribution in [0.5, 0.6) is 0 Å². The van der Waals surface area contributed by atoms with E-state index in [4.69, 9.17) is 0 Å². The number of carbonyl (C=O) groups is 1. The van der Waals surface area contributed by atoms with Gasteiger partial charge in [-0.05, 0) is 18.2 Å². The first-order valence-electron chi connectivity index (χ1n) is 8.33. The topological polar surface area (TPSA) is 63.7 Å². The second-order valence-corrected chi connectivity index (χ2v) is 7.68. The van der Waals surface area contributed by atoms with Gasteiger partial charge in [0, 0.05) is 13.1 Å². The van der Waals surface area contributed by atoms with Crippen molar-refractivity contribution in [3.63, 3.8) is 0 Å². The first kappa shape index (κ1) is 22.8. The summed E-state index contributed by atoms with van der Waals surface area (Å²) in [6.45, 7) is 2.39. The van der Waals surface area contributed by atoms with Crippen molar-refractivity contribution in [3.8, 4) is 0 Å². The lowest BCUT2D eigenvalue weighted by Gasteiger charge is -2.18. The molecule has 0 atom stereocenters. The zero-order chi connectivity index (χ0) is 21.9. The third-order valence-electron chi connectivity index (χ3n) is 4.06. The highest BCUT2D eigenvalue weighted by atomic mass is 32.2. The predicted molar refractivity (Wildman–Crippen MR) is 91.9 cm³/mol. The maximum atomic E-state index is 13.6. The number of halogens is 5. The molecule has 0 spiro atoms. The summed E-state index contributed by atoms with van der Waals surface area (Å²) in [5, 5.41) is 0. The van der Waals surface area contributed by atoms with E-state index in [9.17, 15) is 35.2 Å². The molecule has 158 valence electrons. The average molecular weight is 437 g/mol. The van der Waals surface area contributed by atoms with Crippen LogP contribution in [0.25, 0.3) is 0 Å². The third-order valence-corrected chi connectivity index (χ3v) is 6.11. The lowest BCUT2D eigenvalue weighted by atomic mass is 10.2. The summed E-state index contributed by atoms with van der Waals surface area (Å²) in [7, 11) is -3.89. The Labute approximate surface area is 163 Å². The minimum absolute atomic E-state index is 0.188. The van der Waals surface area contributed by atoms with Gasteiger partial charge in [-0.2, -0.15) is 4.31 Å². The molecular weight excluding hydrogens is 421 g/mol. The van der Waals surface area contributed by atoms with Gasteiger partial charge in [0.05, 0.1) is 16.0 Å². The van der Waals surface area contributed by atoms with E-state index in [-0.39, 0.29) is 23.5 Å². The maximum absolute atomic E-state index is 13.6. The normalized spacial score (nSPS) is 11.7. The lowest BCUT2D eigenvalue weighted by molar-refractivity contribution is 0.0462. The number of sulfonamides is 1. The summed E-state index contributed by atoms with van der Waals surface area (Å²) in [6, 6.07) is 4.68. The van der Waals surface area contributed by atoms with Gasteiger partial charge in [0.2, 0.25) is 15.8 Å². The van der Waals surface area contributed by atoms with Gasteiger partial charge < -0.3 is 4.74 Å². The minimum atomic E-state index is -3.89. The third kappa shape index (κ3) is 4.40. The molecule has 0 N–H and O–H groups in total. The molecule has 0 aliphatic carbocycles. The molecule has 29 heavy (non-hydrogen) atoms. The zero-order valence-electron chi connectivity index (χ0n) is 15.3. The quantitative estimate of drug-likeness (QED) is 0.286. The first-order chi connectivity index (χ1) is 13.6. The van der Waals surface area contributed by atoms with Crippen LogP contribution >= 0.6 is 0 Å². The van der Waals surface area contributed by atoms with E-state index < -0.39 is 57.2 Å². The van der Waals surface area contributed by atoms with Crippen molar-refractivity contribution in [3.05, 3.63) is 64.5 Å². The Kier molecular flexibility index (Phi) is 6.96. The Balaban J connectivity index is 2.28. The Morgan fingerprint density at radius 2 is 1.45 bits per heavy atom. The summed E-state index contributed by atoms with van der Waals surface area (Å²) in [6.07, 6.45) is 0. The molecule has 0 fully saturated rings. The maximum Gasteiger partial charge on any atom is 0.338 e. The largest absolute Gasteiger partial charge is 0.457 e. The molecule has 0 saturated carbocycles. The van der Waals surface area contributed by atoms with Crippen molar-refractivity contribution < 1.29 is 39.9 Å². The molecular formula is C18H16F5NO4S. The second-order valence-electron chi connectivity index (χ2n) is 5.74. The number of hydrogen-bond acceptors (Lipinski definition) is 4. The molecule has 0 unspecified atom stereocenters. The molecule has 0 bridgehead atoms. The monoisotopic (exact) mass is 437 g/mol. The Morgan fingerprint density at radius 3 is 1.97 bits per heavy atom. The molecule has 0 aromatic heterocycles. The summed E-state index contributed by atoms with van der Waals surface area (Å²) < 4.78 is 97.5. The standard InChI is InChI=1S/C18H16F5NO4S/c1-3-24(4-2)29(26,27)11-7-5-6-10(8-11)18(25)28-9-12-13(19)15(21)17(23)16(22)14(12)20/h5-8H,3-4,9H2,1-2H3. The van der Waals surface area contributed by atoms with Crippen molar-refractivity contribution in [1.29, 1.82) is 0 Å². The van der Waals surface area contributed by atoms with E-state index in [1.807, 2.05) is 0 Å². The minimum Gasteiger partial charge on any atom is -0.457 e. The number of carbonyl (C=O) groups excluding carboxylic acids is 1. The van der Waals surface area contributed by atoms with Gasteiger partial charge in [0.25, 0.3) is 0 Å². The Morgan fingerprint density at radius 1 is 0.931 bits per heavy atom. The van der Waals surface area contributed by atoms with Crippen LogP contribution in [0.1, 0.15) is 29.8 Å². The fraction of sp³-hybridized carbons (Fsp3) is 0.278. The van der Waals surface area contributed by atoms with Gasteiger partial charge in [0.1, 0.15) is 6.61 Å². The van der Waals surface area contributed by atoms with Crippen LogP contribution in [0.2, 0.25) is 0 Å². The molecule has 2 aromatic carbocycles. The fourth-order valence-corrected chi connectivity index (χ4v) is 4.00. The second kappa shape index (κ2) is 8.87. The molecule has 0 heterocycles. The van der Waals surface area contributed by atoms with E-state index in [0.29, 0.717) is 0 Å². The highest BCUT2D eigenvalue weighted by molar-refractivity contribution is 7.89. The average Bonchev–Trinajstić information content (AvgIpc) is 2.71. The van der Waals surface area contributed by atoms with Gasteiger partial charge in [-0.1, -0.05) is 19.9 Å². The number of ether oxygens (including phenoxy) is 1. The number of benzene rings is 2. The number of rotatable bonds is 7. The lowest BCUT2D eigenvalue weighted by Crippen LogP contribution is -2.30. The molecule has 0 aliphatic heterocycles. The molecule has 0 aliphatic rings. The van der Waals surface area contributed by atoms with Crippen LogP contribution in [-0.4, -0.2) is 31.8 Å². The molecule has 0 amide bonds. The summed E-state index contributed by atoms with van der Waals surface area (Å²) >= 11 is 0. The molecule has 5 nitrogen and oxygen atoms in total. The van der Waals surface area contributed by atoms with Crippen LogP contribution < -0.4 is 0 Å². The van der Waals surface area contributed by atoms with Crippen LogP contribution in [0, 0.1) is 29.1 Å². The Hall–Kier alpha value is -2.53. The van der Waals surface area contributed by atoms with E-state index in [1.165, 1.54) is 18.2 Å².